The van der Waals surface area contributed by atoms with Crippen molar-refractivity contribution in [2.45, 2.75) is 81.7 Å². The minimum atomic E-state index is 0.290. The summed E-state index contributed by atoms with van der Waals surface area (Å²) in [6.07, 6.45) is 13.1. The zero-order valence-electron chi connectivity index (χ0n) is 13.0. The van der Waals surface area contributed by atoms with Crippen LogP contribution < -0.4 is 5.32 Å². The largest absolute Gasteiger partial charge is 0.370 e. The van der Waals surface area contributed by atoms with E-state index in [4.69, 9.17) is 4.74 Å². The lowest BCUT2D eigenvalue weighted by Gasteiger charge is -2.31. The molecule has 1 saturated heterocycles. The first kappa shape index (κ1) is 15.7. The number of nitrogens with one attached hydrogen (secondary N) is 1. The van der Waals surface area contributed by atoms with Crippen LogP contribution in [0.5, 0.6) is 0 Å². The molecule has 19 heavy (non-hydrogen) atoms. The van der Waals surface area contributed by atoms with Crippen LogP contribution in [0.1, 0.15) is 65.2 Å². The third kappa shape index (κ3) is 3.68. The Labute approximate surface area is 123 Å². The zero-order chi connectivity index (χ0) is 13.8. The second kappa shape index (κ2) is 6.82. The van der Waals surface area contributed by atoms with E-state index in [1.807, 2.05) is 11.8 Å². The molecule has 1 aliphatic heterocycles. The Hall–Kier alpha value is 0.270. The number of hydrogen-bond acceptors (Lipinski definition) is 3. The van der Waals surface area contributed by atoms with E-state index < -0.39 is 0 Å². The van der Waals surface area contributed by atoms with Crippen LogP contribution in [0.15, 0.2) is 0 Å². The van der Waals surface area contributed by atoms with E-state index in [2.05, 4.69) is 25.4 Å². The SMILES string of the molecule is CCC(CC)(CNCC1CCC2(CCCC2)O1)SC. The predicted octanol–water partition coefficient (Wildman–Crippen LogP) is 3.99. The van der Waals surface area contributed by atoms with Crippen molar-refractivity contribution in [2.75, 3.05) is 19.3 Å². The number of hydrogen-bond donors (Lipinski definition) is 1. The molecule has 0 aromatic heterocycles. The molecule has 2 aliphatic rings. The molecule has 2 nitrogen and oxygen atoms in total. The molecule has 3 heteroatoms. The van der Waals surface area contributed by atoms with Crippen LogP contribution in [0, 0.1) is 0 Å². The molecule has 1 N–H and O–H groups in total. The van der Waals surface area contributed by atoms with Gasteiger partial charge in [-0.25, -0.2) is 0 Å². The fourth-order valence-corrected chi connectivity index (χ4v) is 4.57. The van der Waals surface area contributed by atoms with Gasteiger partial charge in [-0.05, 0) is 44.8 Å². The van der Waals surface area contributed by atoms with E-state index in [1.165, 1.54) is 51.4 Å². The van der Waals surface area contributed by atoms with Crippen LogP contribution in [0.2, 0.25) is 0 Å². The summed E-state index contributed by atoms with van der Waals surface area (Å²) in [6, 6.07) is 0. The van der Waals surface area contributed by atoms with Crippen molar-refractivity contribution in [1.29, 1.82) is 0 Å². The van der Waals surface area contributed by atoms with Crippen LogP contribution in [0.25, 0.3) is 0 Å². The average Bonchev–Trinajstić information content (AvgIpc) is 3.06. The average molecular weight is 285 g/mol. The Kier molecular flexibility index (Phi) is 5.62. The molecule has 1 spiro atoms. The molecular formula is C16H31NOS. The van der Waals surface area contributed by atoms with Gasteiger partial charge in [0.05, 0.1) is 11.7 Å². The normalized spacial score (nSPS) is 26.4. The van der Waals surface area contributed by atoms with Gasteiger partial charge < -0.3 is 10.1 Å². The van der Waals surface area contributed by atoms with Gasteiger partial charge in [-0.2, -0.15) is 11.8 Å². The Balaban J connectivity index is 1.72. The van der Waals surface area contributed by atoms with E-state index in [-0.39, 0.29) is 0 Å². The molecule has 112 valence electrons. The molecule has 0 radical (unpaired) electrons. The highest BCUT2D eigenvalue weighted by Gasteiger charge is 2.41. The lowest BCUT2D eigenvalue weighted by atomic mass is 9.98. The smallest absolute Gasteiger partial charge is 0.0708 e. The van der Waals surface area contributed by atoms with Crippen LogP contribution >= 0.6 is 11.8 Å². The molecule has 2 rings (SSSR count). The van der Waals surface area contributed by atoms with Crippen molar-refractivity contribution in [3.8, 4) is 0 Å². The summed E-state index contributed by atoms with van der Waals surface area (Å²) in [7, 11) is 0. The van der Waals surface area contributed by atoms with Gasteiger partial charge >= 0.3 is 0 Å². The Bertz CT molecular complexity index is 264. The maximum absolute atomic E-state index is 6.36. The van der Waals surface area contributed by atoms with E-state index >= 15 is 0 Å². The molecule has 1 saturated carbocycles. The lowest BCUT2D eigenvalue weighted by Crippen LogP contribution is -2.40. The first-order chi connectivity index (χ1) is 9.17. The van der Waals surface area contributed by atoms with Crippen molar-refractivity contribution in [3.05, 3.63) is 0 Å². The molecule has 0 aromatic carbocycles. The first-order valence-corrected chi connectivity index (χ1v) is 9.34. The molecule has 1 heterocycles. The summed E-state index contributed by atoms with van der Waals surface area (Å²) in [5.41, 5.74) is 0.290. The van der Waals surface area contributed by atoms with Gasteiger partial charge in [-0.15, -0.1) is 0 Å². The highest BCUT2D eigenvalue weighted by Crippen LogP contribution is 2.43. The van der Waals surface area contributed by atoms with Gasteiger partial charge in [0.15, 0.2) is 0 Å². The first-order valence-electron chi connectivity index (χ1n) is 8.11. The van der Waals surface area contributed by atoms with Crippen molar-refractivity contribution in [2.24, 2.45) is 0 Å². The Morgan fingerprint density at radius 1 is 1.21 bits per heavy atom. The maximum Gasteiger partial charge on any atom is 0.0708 e. The summed E-state index contributed by atoms with van der Waals surface area (Å²) in [5, 5.41) is 3.68. The van der Waals surface area contributed by atoms with E-state index in [1.54, 1.807) is 0 Å². The van der Waals surface area contributed by atoms with Crippen molar-refractivity contribution in [3.63, 3.8) is 0 Å². The van der Waals surface area contributed by atoms with Gasteiger partial charge in [0, 0.05) is 17.8 Å². The van der Waals surface area contributed by atoms with Crippen molar-refractivity contribution >= 4 is 11.8 Å². The topological polar surface area (TPSA) is 21.3 Å². The summed E-state index contributed by atoms with van der Waals surface area (Å²) < 4.78 is 6.78. The van der Waals surface area contributed by atoms with E-state index in [0.29, 0.717) is 16.5 Å². The van der Waals surface area contributed by atoms with Gasteiger partial charge in [0.2, 0.25) is 0 Å². The standard InChI is InChI=1S/C16H31NOS/c1-4-16(5-2,19-3)13-17-12-14-8-11-15(18-14)9-6-7-10-15/h14,17H,4-13H2,1-3H3. The molecule has 1 aliphatic carbocycles. The minimum Gasteiger partial charge on any atom is -0.370 e. The van der Waals surface area contributed by atoms with E-state index in [9.17, 15) is 0 Å². The van der Waals surface area contributed by atoms with Gasteiger partial charge in [0.25, 0.3) is 0 Å². The fraction of sp³-hybridized carbons (Fsp3) is 1.00. The highest BCUT2D eigenvalue weighted by molar-refractivity contribution is 8.00. The summed E-state index contributed by atoms with van der Waals surface area (Å²) in [5.74, 6) is 0. The maximum atomic E-state index is 6.36. The highest BCUT2D eigenvalue weighted by atomic mass is 32.2. The second-order valence-corrected chi connectivity index (χ2v) is 7.67. The summed E-state index contributed by atoms with van der Waals surface area (Å²) in [6.45, 7) is 6.78. The second-order valence-electron chi connectivity index (χ2n) is 6.39. The Morgan fingerprint density at radius 2 is 1.89 bits per heavy atom. The summed E-state index contributed by atoms with van der Waals surface area (Å²) in [4.78, 5) is 0. The monoisotopic (exact) mass is 285 g/mol. The third-order valence-electron chi connectivity index (χ3n) is 5.39. The van der Waals surface area contributed by atoms with Crippen molar-refractivity contribution < 1.29 is 4.74 Å². The molecule has 2 fully saturated rings. The Morgan fingerprint density at radius 3 is 2.47 bits per heavy atom. The molecular weight excluding hydrogens is 254 g/mol. The van der Waals surface area contributed by atoms with Gasteiger partial charge in [-0.3, -0.25) is 0 Å². The fourth-order valence-electron chi connectivity index (χ4n) is 3.75. The zero-order valence-corrected chi connectivity index (χ0v) is 13.8. The van der Waals surface area contributed by atoms with Crippen LogP contribution in [-0.4, -0.2) is 35.8 Å². The van der Waals surface area contributed by atoms with Crippen LogP contribution in [0.4, 0.5) is 0 Å². The minimum absolute atomic E-state index is 0.290. The number of ether oxygens (including phenoxy) is 1. The molecule has 0 bridgehead atoms. The number of thioether (sulfide) groups is 1. The van der Waals surface area contributed by atoms with Gasteiger partial charge in [-0.1, -0.05) is 26.7 Å². The third-order valence-corrected chi connectivity index (χ3v) is 6.98. The molecule has 1 atom stereocenters. The molecule has 0 aromatic rings. The van der Waals surface area contributed by atoms with Crippen LogP contribution in [-0.2, 0) is 4.74 Å². The van der Waals surface area contributed by atoms with E-state index in [0.717, 1.165) is 13.1 Å². The number of rotatable bonds is 7. The lowest BCUT2D eigenvalue weighted by molar-refractivity contribution is -0.0351. The summed E-state index contributed by atoms with van der Waals surface area (Å²) >= 11 is 2.02. The van der Waals surface area contributed by atoms with Gasteiger partial charge in [0.1, 0.15) is 0 Å². The molecule has 0 amide bonds. The quantitative estimate of drug-likeness (QED) is 0.764. The van der Waals surface area contributed by atoms with Crippen molar-refractivity contribution in [1.82, 2.24) is 5.32 Å². The van der Waals surface area contributed by atoms with Crippen LogP contribution in [0.3, 0.4) is 0 Å². The predicted molar refractivity (Wildman–Crippen MR) is 85.0 cm³/mol. The molecule has 1 unspecified atom stereocenters.